The Labute approximate surface area is 128 Å². The van der Waals surface area contributed by atoms with E-state index in [4.69, 9.17) is 0 Å². The van der Waals surface area contributed by atoms with E-state index < -0.39 is 0 Å². The van der Waals surface area contributed by atoms with Gasteiger partial charge in [0.2, 0.25) is 0 Å². The molecule has 0 N–H and O–H groups in total. The summed E-state index contributed by atoms with van der Waals surface area (Å²) >= 11 is 3.44. The molecule has 0 radical (unpaired) electrons. The van der Waals surface area contributed by atoms with Gasteiger partial charge in [-0.3, -0.25) is 4.79 Å². The number of carbonyl (C=O) groups is 1. The molecule has 3 nitrogen and oxygen atoms in total. The number of rotatable bonds is 5. The Balaban J connectivity index is 2.20. The van der Waals surface area contributed by atoms with Gasteiger partial charge in [-0.2, -0.15) is 0 Å². The smallest absolute Gasteiger partial charge is 0.270 e. The minimum atomic E-state index is 0.0731. The molecule has 1 heterocycles. The summed E-state index contributed by atoms with van der Waals surface area (Å²) < 4.78 is 2.92. The summed E-state index contributed by atoms with van der Waals surface area (Å²) in [6.45, 7) is 6.17. The fourth-order valence-corrected chi connectivity index (χ4v) is 2.67. The summed E-state index contributed by atoms with van der Waals surface area (Å²) in [6.07, 6.45) is 1.95. The lowest BCUT2D eigenvalue weighted by molar-refractivity contribution is 0.0742. The summed E-state index contributed by atoms with van der Waals surface area (Å²) in [6, 6.07) is 12.0. The van der Waals surface area contributed by atoms with E-state index in [0.29, 0.717) is 13.1 Å². The van der Waals surface area contributed by atoms with Crippen LogP contribution in [0.5, 0.6) is 0 Å². The van der Waals surface area contributed by atoms with Crippen LogP contribution in [-0.2, 0) is 13.1 Å². The number of benzene rings is 1. The number of hydrogen-bond acceptors (Lipinski definition) is 1. The maximum Gasteiger partial charge on any atom is 0.270 e. The van der Waals surface area contributed by atoms with E-state index in [1.54, 1.807) is 0 Å². The molecule has 0 spiro atoms. The molecule has 106 valence electrons. The molecular weight excluding hydrogens is 316 g/mol. The zero-order valence-corrected chi connectivity index (χ0v) is 13.4. The van der Waals surface area contributed by atoms with Crippen LogP contribution in [0, 0.1) is 0 Å². The van der Waals surface area contributed by atoms with Crippen molar-refractivity contribution in [1.82, 2.24) is 9.47 Å². The Morgan fingerprint density at radius 2 is 1.95 bits per heavy atom. The number of nitrogens with zero attached hydrogens (tertiary/aromatic N) is 2. The fourth-order valence-electron chi connectivity index (χ4n) is 2.21. The van der Waals surface area contributed by atoms with Crippen molar-refractivity contribution in [3.8, 4) is 0 Å². The highest BCUT2D eigenvalue weighted by Gasteiger charge is 2.18. The monoisotopic (exact) mass is 334 g/mol. The van der Waals surface area contributed by atoms with Gasteiger partial charge in [0, 0.05) is 30.3 Å². The van der Waals surface area contributed by atoms with Crippen LogP contribution in [-0.4, -0.2) is 21.9 Å². The first kappa shape index (κ1) is 14.9. The molecule has 0 fully saturated rings. The second kappa shape index (κ2) is 6.75. The van der Waals surface area contributed by atoms with Crippen molar-refractivity contribution in [1.29, 1.82) is 0 Å². The standard InChI is InChI=1S/C16H19BrN2O/c1-3-18-12-14(17)10-15(18)16(20)19(4-2)11-13-8-6-5-7-9-13/h5-10,12H,3-4,11H2,1-2H3. The molecule has 0 saturated heterocycles. The molecule has 1 aromatic carbocycles. The van der Waals surface area contributed by atoms with Gasteiger partial charge in [-0.15, -0.1) is 0 Å². The lowest BCUT2D eigenvalue weighted by Gasteiger charge is -2.21. The van der Waals surface area contributed by atoms with E-state index in [1.807, 2.05) is 65.9 Å². The maximum atomic E-state index is 12.7. The summed E-state index contributed by atoms with van der Waals surface area (Å²) in [7, 11) is 0. The number of aromatic nitrogens is 1. The molecule has 0 aliphatic rings. The first-order valence-electron chi connectivity index (χ1n) is 6.84. The third kappa shape index (κ3) is 3.31. The molecule has 0 atom stereocenters. The summed E-state index contributed by atoms with van der Waals surface area (Å²) in [5, 5.41) is 0. The van der Waals surface area contributed by atoms with Crippen LogP contribution in [0.3, 0.4) is 0 Å². The molecule has 0 unspecified atom stereocenters. The molecule has 2 rings (SSSR count). The van der Waals surface area contributed by atoms with E-state index in [2.05, 4.69) is 15.9 Å². The van der Waals surface area contributed by atoms with Crippen molar-refractivity contribution in [3.05, 3.63) is 58.3 Å². The van der Waals surface area contributed by atoms with Gasteiger partial charge in [0.1, 0.15) is 5.69 Å². The quantitative estimate of drug-likeness (QED) is 0.813. The molecule has 2 aromatic rings. The number of amides is 1. The van der Waals surface area contributed by atoms with E-state index in [1.165, 1.54) is 0 Å². The minimum absolute atomic E-state index is 0.0731. The van der Waals surface area contributed by atoms with E-state index >= 15 is 0 Å². The van der Waals surface area contributed by atoms with Crippen LogP contribution in [0.25, 0.3) is 0 Å². The third-order valence-corrected chi connectivity index (χ3v) is 3.74. The van der Waals surface area contributed by atoms with Crippen molar-refractivity contribution in [3.63, 3.8) is 0 Å². The van der Waals surface area contributed by atoms with Crippen molar-refractivity contribution in [2.75, 3.05) is 6.54 Å². The molecule has 0 aliphatic carbocycles. The SMILES string of the molecule is CCN(Cc1ccccc1)C(=O)c1cc(Br)cn1CC. The van der Waals surface area contributed by atoms with Gasteiger partial charge in [-0.1, -0.05) is 30.3 Å². The first-order chi connectivity index (χ1) is 9.65. The van der Waals surface area contributed by atoms with Crippen molar-refractivity contribution in [2.45, 2.75) is 26.9 Å². The number of hydrogen-bond donors (Lipinski definition) is 0. The lowest BCUT2D eigenvalue weighted by atomic mass is 10.2. The number of aryl methyl sites for hydroxylation is 1. The second-order valence-electron chi connectivity index (χ2n) is 4.63. The predicted molar refractivity (Wildman–Crippen MR) is 84.7 cm³/mol. The Morgan fingerprint density at radius 3 is 2.55 bits per heavy atom. The Morgan fingerprint density at radius 1 is 1.25 bits per heavy atom. The van der Waals surface area contributed by atoms with Crippen LogP contribution in [0.2, 0.25) is 0 Å². The van der Waals surface area contributed by atoms with Gasteiger partial charge in [0.05, 0.1) is 0 Å². The fraction of sp³-hybridized carbons (Fsp3) is 0.312. The molecule has 0 aliphatic heterocycles. The molecule has 1 aromatic heterocycles. The normalized spacial score (nSPS) is 10.6. The van der Waals surface area contributed by atoms with Crippen molar-refractivity contribution >= 4 is 21.8 Å². The highest BCUT2D eigenvalue weighted by atomic mass is 79.9. The van der Waals surface area contributed by atoms with Crippen molar-refractivity contribution in [2.24, 2.45) is 0 Å². The summed E-state index contributed by atoms with van der Waals surface area (Å²) in [4.78, 5) is 14.5. The molecule has 4 heteroatoms. The van der Waals surface area contributed by atoms with Gasteiger partial charge in [-0.05, 0) is 41.4 Å². The van der Waals surface area contributed by atoms with Crippen LogP contribution in [0.1, 0.15) is 29.9 Å². The summed E-state index contributed by atoms with van der Waals surface area (Å²) in [5.74, 6) is 0.0731. The van der Waals surface area contributed by atoms with Gasteiger partial charge in [-0.25, -0.2) is 0 Å². The zero-order chi connectivity index (χ0) is 14.5. The van der Waals surface area contributed by atoms with E-state index in [0.717, 1.165) is 22.3 Å². The van der Waals surface area contributed by atoms with Crippen LogP contribution >= 0.6 is 15.9 Å². The minimum Gasteiger partial charge on any atom is -0.343 e. The number of halogens is 1. The van der Waals surface area contributed by atoms with Crippen molar-refractivity contribution < 1.29 is 4.79 Å². The molecular formula is C16H19BrN2O. The van der Waals surface area contributed by atoms with E-state index in [-0.39, 0.29) is 5.91 Å². The van der Waals surface area contributed by atoms with Gasteiger partial charge in [0.15, 0.2) is 0 Å². The van der Waals surface area contributed by atoms with Gasteiger partial charge < -0.3 is 9.47 Å². The Hall–Kier alpha value is -1.55. The first-order valence-corrected chi connectivity index (χ1v) is 7.63. The zero-order valence-electron chi connectivity index (χ0n) is 11.8. The third-order valence-electron chi connectivity index (χ3n) is 3.31. The lowest BCUT2D eigenvalue weighted by Crippen LogP contribution is -2.31. The highest BCUT2D eigenvalue weighted by molar-refractivity contribution is 9.10. The van der Waals surface area contributed by atoms with E-state index in [9.17, 15) is 4.79 Å². The molecule has 0 bridgehead atoms. The van der Waals surface area contributed by atoms with Gasteiger partial charge in [0.25, 0.3) is 5.91 Å². The molecule has 0 saturated carbocycles. The topological polar surface area (TPSA) is 25.2 Å². The Kier molecular flexibility index (Phi) is 5.01. The largest absolute Gasteiger partial charge is 0.343 e. The average Bonchev–Trinajstić information content (AvgIpc) is 2.86. The van der Waals surface area contributed by atoms with Gasteiger partial charge >= 0.3 is 0 Å². The highest BCUT2D eigenvalue weighted by Crippen LogP contribution is 2.17. The van der Waals surface area contributed by atoms with Crippen LogP contribution < -0.4 is 0 Å². The molecule has 1 amide bonds. The second-order valence-corrected chi connectivity index (χ2v) is 5.55. The number of carbonyl (C=O) groups excluding carboxylic acids is 1. The van der Waals surface area contributed by atoms with Crippen LogP contribution in [0.4, 0.5) is 0 Å². The maximum absolute atomic E-state index is 12.7. The predicted octanol–water partition coefficient (Wildman–Crippen LogP) is 3.93. The Bertz CT molecular complexity index is 577. The summed E-state index contributed by atoms with van der Waals surface area (Å²) in [5.41, 5.74) is 1.88. The van der Waals surface area contributed by atoms with Crippen LogP contribution in [0.15, 0.2) is 47.1 Å². The molecule has 20 heavy (non-hydrogen) atoms. The average molecular weight is 335 g/mol.